The Morgan fingerprint density at radius 2 is 1.85 bits per heavy atom. The third-order valence-corrected chi connectivity index (χ3v) is 6.08. The van der Waals surface area contributed by atoms with Crippen molar-refractivity contribution in [2.45, 2.75) is 38.5 Å². The van der Waals surface area contributed by atoms with E-state index < -0.39 is 16.1 Å². The second-order valence-corrected chi connectivity index (χ2v) is 9.58. The van der Waals surface area contributed by atoms with Crippen molar-refractivity contribution in [2.24, 2.45) is 0 Å². The van der Waals surface area contributed by atoms with Crippen molar-refractivity contribution in [2.75, 3.05) is 0 Å². The first kappa shape index (κ1) is 19.0. The number of hydrogen-bond acceptors (Lipinski definition) is 3. The molecule has 0 aliphatic rings. The molecule has 0 aliphatic carbocycles. The van der Waals surface area contributed by atoms with Crippen LogP contribution in [0.4, 0.5) is 0 Å². The fraction of sp³-hybridized carbons (Fsp3) is 0.316. The van der Waals surface area contributed by atoms with Gasteiger partial charge in [0.2, 0.25) is 0 Å². The summed E-state index contributed by atoms with van der Waals surface area (Å²) in [4.78, 5) is 13.2. The number of fused-ring (bicyclic) bond motifs is 1. The number of halogens is 1. The Balaban J connectivity index is 2.19. The first-order valence-electron chi connectivity index (χ1n) is 8.35. The lowest BCUT2D eigenvalue weighted by molar-refractivity contribution is 0.526. The van der Waals surface area contributed by atoms with E-state index >= 15 is 0 Å². The van der Waals surface area contributed by atoms with Gasteiger partial charge >= 0.3 is 0 Å². The molecular weight excluding hydrogens is 370 g/mol. The van der Waals surface area contributed by atoms with Crippen LogP contribution in [0.2, 0.25) is 5.02 Å². The van der Waals surface area contributed by atoms with Crippen LogP contribution in [-0.2, 0) is 11.4 Å². The number of rotatable bonds is 4. The molecule has 0 bridgehead atoms. The molecule has 2 atom stereocenters. The number of nitrogens with one attached hydrogen (secondary N) is 1. The van der Waals surface area contributed by atoms with Crippen LogP contribution in [0, 0.1) is 0 Å². The number of para-hydroxylation sites is 1. The minimum atomic E-state index is -1.27. The molecule has 138 valence electrons. The van der Waals surface area contributed by atoms with Crippen LogP contribution in [0.25, 0.3) is 11.2 Å². The Morgan fingerprint density at radius 1 is 1.19 bits per heavy atom. The minimum absolute atomic E-state index is 0.209. The maximum absolute atomic E-state index is 13.2. The summed E-state index contributed by atoms with van der Waals surface area (Å²) in [7, 11) is 0. The van der Waals surface area contributed by atoms with Gasteiger partial charge in [-0.1, -0.05) is 29.8 Å². The molecule has 2 heterocycles. The van der Waals surface area contributed by atoms with Gasteiger partial charge in [0.25, 0.3) is 5.56 Å². The highest BCUT2D eigenvalue weighted by Gasteiger charge is 2.30. The molecule has 0 amide bonds. The van der Waals surface area contributed by atoms with E-state index in [2.05, 4.69) is 4.72 Å². The maximum Gasteiger partial charge on any atom is 0.281 e. The molecule has 2 aromatic heterocycles. The SMILES string of the molecule is C[C@H](N[S+]([O-])C(C)(C)C)c1cn2ccc(Cl)c2c(=O)n1-c1ccccc1. The Morgan fingerprint density at radius 3 is 2.46 bits per heavy atom. The van der Waals surface area contributed by atoms with E-state index in [0.717, 1.165) is 5.69 Å². The van der Waals surface area contributed by atoms with Crippen LogP contribution in [-0.4, -0.2) is 18.3 Å². The summed E-state index contributed by atoms with van der Waals surface area (Å²) in [5.74, 6) is 0. The van der Waals surface area contributed by atoms with Crippen molar-refractivity contribution in [1.82, 2.24) is 13.7 Å². The van der Waals surface area contributed by atoms with E-state index in [-0.39, 0.29) is 11.6 Å². The van der Waals surface area contributed by atoms with Gasteiger partial charge in [0, 0.05) is 29.4 Å². The van der Waals surface area contributed by atoms with Crippen LogP contribution >= 0.6 is 11.6 Å². The van der Waals surface area contributed by atoms with Gasteiger partial charge in [0.05, 0.1) is 16.8 Å². The van der Waals surface area contributed by atoms with Gasteiger partial charge in [-0.05, 0) is 45.9 Å². The molecule has 1 aromatic carbocycles. The van der Waals surface area contributed by atoms with Crippen LogP contribution < -0.4 is 10.3 Å². The summed E-state index contributed by atoms with van der Waals surface area (Å²) in [5.41, 5.74) is 1.66. The molecule has 26 heavy (non-hydrogen) atoms. The van der Waals surface area contributed by atoms with Crippen LogP contribution in [0.1, 0.15) is 39.4 Å². The van der Waals surface area contributed by atoms with Gasteiger partial charge in [-0.25, -0.2) is 0 Å². The molecule has 3 rings (SSSR count). The predicted molar refractivity (Wildman–Crippen MR) is 107 cm³/mol. The zero-order valence-electron chi connectivity index (χ0n) is 15.2. The van der Waals surface area contributed by atoms with Crippen molar-refractivity contribution < 1.29 is 4.55 Å². The molecule has 0 radical (unpaired) electrons. The highest BCUT2D eigenvalue weighted by atomic mass is 35.5. The molecule has 5 nitrogen and oxygen atoms in total. The average Bonchev–Trinajstić information content (AvgIpc) is 2.96. The van der Waals surface area contributed by atoms with Crippen molar-refractivity contribution in [3.8, 4) is 5.69 Å². The Kier molecular flexibility index (Phi) is 5.21. The molecule has 0 saturated carbocycles. The Labute approximate surface area is 160 Å². The Bertz CT molecular complexity index is 976. The molecule has 3 aromatic rings. The molecular formula is C19H22ClN3O2S. The number of hydrogen-bond donors (Lipinski definition) is 1. The van der Waals surface area contributed by atoms with E-state index in [0.29, 0.717) is 16.2 Å². The fourth-order valence-electron chi connectivity index (χ4n) is 2.71. The van der Waals surface area contributed by atoms with E-state index in [9.17, 15) is 9.35 Å². The van der Waals surface area contributed by atoms with Gasteiger partial charge in [-0.2, -0.15) is 0 Å². The third kappa shape index (κ3) is 3.55. The molecule has 7 heteroatoms. The van der Waals surface area contributed by atoms with Gasteiger partial charge in [0.1, 0.15) is 10.3 Å². The number of benzene rings is 1. The van der Waals surface area contributed by atoms with Gasteiger partial charge < -0.3 is 8.95 Å². The second-order valence-electron chi connectivity index (χ2n) is 7.17. The molecule has 1 unspecified atom stereocenters. The lowest BCUT2D eigenvalue weighted by Gasteiger charge is -2.27. The fourth-order valence-corrected chi connectivity index (χ4v) is 3.74. The predicted octanol–water partition coefficient (Wildman–Crippen LogP) is 3.86. The van der Waals surface area contributed by atoms with Gasteiger partial charge in [0.15, 0.2) is 0 Å². The highest BCUT2D eigenvalue weighted by molar-refractivity contribution is 7.90. The monoisotopic (exact) mass is 391 g/mol. The lowest BCUT2D eigenvalue weighted by Crippen LogP contribution is -2.41. The summed E-state index contributed by atoms with van der Waals surface area (Å²) >= 11 is 4.95. The normalized spacial score (nSPS) is 14.5. The Hall–Kier alpha value is -1.73. The number of nitrogens with zero attached hydrogens (tertiary/aromatic N) is 2. The summed E-state index contributed by atoms with van der Waals surface area (Å²) in [5, 5.41) is 0.408. The molecule has 0 fully saturated rings. The van der Waals surface area contributed by atoms with Crippen molar-refractivity contribution in [1.29, 1.82) is 0 Å². The molecule has 0 saturated heterocycles. The van der Waals surface area contributed by atoms with Gasteiger partial charge in [-0.3, -0.25) is 9.36 Å². The highest BCUT2D eigenvalue weighted by Crippen LogP contribution is 2.23. The smallest absolute Gasteiger partial charge is 0.281 e. The topological polar surface area (TPSA) is 61.5 Å². The summed E-state index contributed by atoms with van der Waals surface area (Å²) in [6, 6.07) is 10.8. The average molecular weight is 392 g/mol. The summed E-state index contributed by atoms with van der Waals surface area (Å²) in [6.07, 6.45) is 3.61. The van der Waals surface area contributed by atoms with E-state index in [1.807, 2.05) is 64.2 Å². The lowest BCUT2D eigenvalue weighted by atomic mass is 10.2. The first-order valence-corrected chi connectivity index (χ1v) is 9.88. The summed E-state index contributed by atoms with van der Waals surface area (Å²) in [6.45, 7) is 7.61. The van der Waals surface area contributed by atoms with E-state index in [4.69, 9.17) is 11.6 Å². The minimum Gasteiger partial charge on any atom is -0.598 e. The first-order chi connectivity index (χ1) is 12.2. The largest absolute Gasteiger partial charge is 0.598 e. The molecule has 0 spiro atoms. The van der Waals surface area contributed by atoms with Gasteiger partial charge in [-0.15, -0.1) is 4.72 Å². The standard InChI is InChI=1S/C19H22ClN3O2S/c1-13(21-26(25)19(2,3)4)16-12-22-11-10-15(20)17(22)18(24)23(16)14-8-6-5-7-9-14/h5-13,21H,1-4H3/t13-,26?/m0/s1. The third-order valence-electron chi connectivity index (χ3n) is 4.10. The van der Waals surface area contributed by atoms with Crippen molar-refractivity contribution in [3.63, 3.8) is 0 Å². The van der Waals surface area contributed by atoms with Crippen LogP contribution in [0.3, 0.4) is 0 Å². The second kappa shape index (κ2) is 7.12. The number of aromatic nitrogens is 2. The van der Waals surface area contributed by atoms with E-state index in [1.165, 1.54) is 0 Å². The maximum atomic E-state index is 13.2. The summed E-state index contributed by atoms with van der Waals surface area (Å²) < 4.78 is 18.6. The van der Waals surface area contributed by atoms with Crippen LogP contribution in [0.15, 0.2) is 53.6 Å². The quantitative estimate of drug-likeness (QED) is 0.687. The zero-order chi connectivity index (χ0) is 19.1. The van der Waals surface area contributed by atoms with Crippen LogP contribution in [0.5, 0.6) is 0 Å². The molecule has 0 aliphatic heterocycles. The molecule has 1 N–H and O–H groups in total. The zero-order valence-corrected chi connectivity index (χ0v) is 16.8. The van der Waals surface area contributed by atoms with Crippen molar-refractivity contribution in [3.05, 3.63) is 69.9 Å². The van der Waals surface area contributed by atoms with E-state index in [1.54, 1.807) is 21.2 Å². The van der Waals surface area contributed by atoms with Crippen molar-refractivity contribution >= 4 is 28.5 Å².